The molecule has 0 radical (unpaired) electrons. The minimum absolute atomic E-state index is 0.0103. The second-order valence-corrected chi connectivity index (χ2v) is 10.8. The summed E-state index contributed by atoms with van der Waals surface area (Å²) < 4.78 is 12.3. The molecule has 1 aliphatic heterocycles. The molecular weight excluding hydrogens is 412 g/mol. The molecule has 1 spiro atoms. The quantitative estimate of drug-likeness (QED) is 0.483. The normalized spacial score (nSPS) is 37.3. The summed E-state index contributed by atoms with van der Waals surface area (Å²) in [5.74, 6) is 0.0776. The number of phenolic OH excluding ortho intramolecular Hbond substituents is 1. The van der Waals surface area contributed by atoms with Crippen LogP contribution in [0.3, 0.4) is 0 Å². The Kier molecular flexibility index (Phi) is 5.37. The number of rotatable bonds is 3. The number of aldehydes is 1. The molecule has 32 heavy (non-hydrogen) atoms. The summed E-state index contributed by atoms with van der Waals surface area (Å²) in [7, 11) is 0. The van der Waals surface area contributed by atoms with E-state index in [1.54, 1.807) is 0 Å². The molecule has 0 unspecified atom stereocenters. The third-order valence-corrected chi connectivity index (χ3v) is 8.87. The zero-order chi connectivity index (χ0) is 23.6. The number of fused-ring (bicyclic) bond motifs is 3. The molecule has 176 valence electrons. The number of carbonyl (C=O) groups is 2. The van der Waals surface area contributed by atoms with Crippen molar-refractivity contribution in [1.29, 1.82) is 0 Å². The van der Waals surface area contributed by atoms with Crippen LogP contribution in [0, 0.1) is 22.7 Å². The fourth-order valence-electron chi connectivity index (χ4n) is 7.24. The van der Waals surface area contributed by atoms with Gasteiger partial charge in [-0.1, -0.05) is 27.7 Å². The van der Waals surface area contributed by atoms with Gasteiger partial charge in [-0.05, 0) is 48.1 Å². The van der Waals surface area contributed by atoms with E-state index < -0.39 is 34.6 Å². The second-order valence-electron chi connectivity index (χ2n) is 10.8. The average Bonchev–Trinajstić information content (AvgIpc) is 3.13. The minimum atomic E-state index is -0.807. The molecule has 2 saturated carbocycles. The highest BCUT2D eigenvalue weighted by molar-refractivity contribution is 5.84. The molecule has 1 aromatic rings. The maximum atomic E-state index is 11.9. The lowest BCUT2D eigenvalue weighted by atomic mass is 9.43. The zero-order valence-corrected chi connectivity index (χ0v) is 19.5. The van der Waals surface area contributed by atoms with E-state index in [0.717, 1.165) is 12.8 Å². The summed E-state index contributed by atoms with van der Waals surface area (Å²) in [6.45, 7) is 9.25. The van der Waals surface area contributed by atoms with E-state index >= 15 is 0 Å². The average molecular weight is 447 g/mol. The van der Waals surface area contributed by atoms with Gasteiger partial charge in [-0.25, -0.2) is 0 Å². The van der Waals surface area contributed by atoms with Crippen LogP contribution >= 0.6 is 0 Å². The Morgan fingerprint density at radius 2 is 2.00 bits per heavy atom. The van der Waals surface area contributed by atoms with Gasteiger partial charge < -0.3 is 24.8 Å². The standard InChI is InChI=1S/C25H34O7/c1-13-6-7-20-23(3,4)22(30)19(31-14(2)28)10-24(20,5)25(13)9-16-18(29)8-15(11-26)17(12-27)21(16)32-25/h8,12-13,19-20,22,26,29-30H,6-7,9-11H2,1-5H3/t13-,19+,20+,22+,24+,25+/m0/s1. The van der Waals surface area contributed by atoms with Crippen LogP contribution < -0.4 is 4.74 Å². The molecule has 0 bridgehead atoms. The molecule has 3 aliphatic rings. The highest BCUT2D eigenvalue weighted by atomic mass is 16.6. The summed E-state index contributed by atoms with van der Waals surface area (Å²) in [5, 5.41) is 31.6. The number of aliphatic hydroxyl groups is 2. The summed E-state index contributed by atoms with van der Waals surface area (Å²) >= 11 is 0. The van der Waals surface area contributed by atoms with Crippen molar-refractivity contribution in [3.63, 3.8) is 0 Å². The number of phenols is 1. The Hall–Kier alpha value is -2.12. The number of carbonyl (C=O) groups excluding carboxylic acids is 2. The number of hydrogen-bond donors (Lipinski definition) is 3. The monoisotopic (exact) mass is 446 g/mol. The molecule has 7 nitrogen and oxygen atoms in total. The lowest BCUT2D eigenvalue weighted by Crippen LogP contribution is -2.69. The van der Waals surface area contributed by atoms with Gasteiger partial charge in [-0.3, -0.25) is 9.59 Å². The van der Waals surface area contributed by atoms with Gasteiger partial charge in [0, 0.05) is 24.3 Å². The molecule has 4 rings (SSSR count). The third kappa shape index (κ3) is 2.93. The number of aromatic hydroxyl groups is 1. The van der Waals surface area contributed by atoms with Crippen molar-refractivity contribution in [2.24, 2.45) is 22.7 Å². The van der Waals surface area contributed by atoms with E-state index in [2.05, 4.69) is 13.8 Å². The largest absolute Gasteiger partial charge is 0.508 e. The Labute approximate surface area is 188 Å². The van der Waals surface area contributed by atoms with Crippen LogP contribution in [0.15, 0.2) is 6.07 Å². The molecule has 0 aromatic heterocycles. The van der Waals surface area contributed by atoms with Crippen molar-refractivity contribution in [3.05, 3.63) is 22.8 Å². The van der Waals surface area contributed by atoms with Crippen LogP contribution in [0.1, 0.15) is 75.4 Å². The van der Waals surface area contributed by atoms with Crippen molar-refractivity contribution in [2.75, 3.05) is 0 Å². The molecule has 0 saturated heterocycles. The van der Waals surface area contributed by atoms with Gasteiger partial charge in [0.05, 0.1) is 18.3 Å². The lowest BCUT2D eigenvalue weighted by molar-refractivity contribution is -0.245. The van der Waals surface area contributed by atoms with Crippen LogP contribution in [0.2, 0.25) is 0 Å². The van der Waals surface area contributed by atoms with Crippen LogP contribution in [0.5, 0.6) is 11.5 Å². The predicted molar refractivity (Wildman–Crippen MR) is 116 cm³/mol. The summed E-state index contributed by atoms with van der Waals surface area (Å²) in [5.41, 5.74) is -0.622. The number of hydrogen-bond acceptors (Lipinski definition) is 7. The molecule has 1 heterocycles. The SMILES string of the molecule is CC(=O)O[C@@H]1C[C@]2(C)[C@H](CC[C@H](C)[C@]23Cc2c(O)cc(CO)c(C=O)c2O3)C(C)(C)[C@@H]1O. The van der Waals surface area contributed by atoms with Gasteiger partial charge in [0.1, 0.15) is 23.2 Å². The van der Waals surface area contributed by atoms with Crippen molar-refractivity contribution < 1.29 is 34.4 Å². The minimum Gasteiger partial charge on any atom is -0.508 e. The molecule has 6 atom stereocenters. The third-order valence-electron chi connectivity index (χ3n) is 8.87. The molecule has 2 fully saturated rings. The Morgan fingerprint density at radius 3 is 2.59 bits per heavy atom. The Morgan fingerprint density at radius 1 is 1.31 bits per heavy atom. The Bertz CT molecular complexity index is 954. The van der Waals surface area contributed by atoms with Gasteiger partial charge in [0.2, 0.25) is 0 Å². The van der Waals surface area contributed by atoms with E-state index in [1.807, 2.05) is 13.8 Å². The number of aliphatic hydroxyl groups excluding tert-OH is 2. The molecule has 7 heteroatoms. The Balaban J connectivity index is 1.87. The number of esters is 1. The zero-order valence-electron chi connectivity index (χ0n) is 19.5. The fraction of sp³-hybridized carbons (Fsp3) is 0.680. The van der Waals surface area contributed by atoms with Gasteiger partial charge >= 0.3 is 5.97 Å². The highest BCUT2D eigenvalue weighted by Gasteiger charge is 2.69. The van der Waals surface area contributed by atoms with Crippen LogP contribution in [-0.4, -0.2) is 45.4 Å². The number of benzene rings is 1. The lowest BCUT2D eigenvalue weighted by Gasteiger charge is -2.65. The predicted octanol–water partition coefficient (Wildman–Crippen LogP) is 3.15. The first kappa shape index (κ1) is 23.1. The van der Waals surface area contributed by atoms with Crippen LogP contribution in [0.25, 0.3) is 0 Å². The van der Waals surface area contributed by atoms with E-state index in [0.29, 0.717) is 36.0 Å². The van der Waals surface area contributed by atoms with E-state index in [9.17, 15) is 24.9 Å². The topological polar surface area (TPSA) is 113 Å². The van der Waals surface area contributed by atoms with Crippen molar-refractivity contribution in [2.45, 2.75) is 84.7 Å². The molecule has 1 aromatic carbocycles. The van der Waals surface area contributed by atoms with Crippen molar-refractivity contribution in [3.8, 4) is 11.5 Å². The smallest absolute Gasteiger partial charge is 0.302 e. The van der Waals surface area contributed by atoms with Crippen LogP contribution in [-0.2, 0) is 22.6 Å². The molecular formula is C25H34O7. The molecule has 0 amide bonds. The van der Waals surface area contributed by atoms with Gasteiger partial charge in [-0.15, -0.1) is 0 Å². The maximum absolute atomic E-state index is 11.9. The van der Waals surface area contributed by atoms with Crippen molar-refractivity contribution in [1.82, 2.24) is 0 Å². The fourth-order valence-corrected chi connectivity index (χ4v) is 7.24. The van der Waals surface area contributed by atoms with Gasteiger partial charge in [0.25, 0.3) is 0 Å². The summed E-state index contributed by atoms with van der Waals surface area (Å²) in [6, 6.07) is 1.44. The van der Waals surface area contributed by atoms with E-state index in [1.165, 1.54) is 13.0 Å². The van der Waals surface area contributed by atoms with E-state index in [4.69, 9.17) is 9.47 Å². The summed E-state index contributed by atoms with van der Waals surface area (Å²) in [4.78, 5) is 23.8. The van der Waals surface area contributed by atoms with E-state index in [-0.39, 0.29) is 29.8 Å². The molecule has 3 N–H and O–H groups in total. The first-order chi connectivity index (χ1) is 14.9. The molecule has 2 aliphatic carbocycles. The van der Waals surface area contributed by atoms with Gasteiger partial charge in [0.15, 0.2) is 6.29 Å². The highest BCUT2D eigenvalue weighted by Crippen LogP contribution is 2.67. The number of ether oxygens (including phenoxy) is 2. The first-order valence-electron chi connectivity index (χ1n) is 11.4. The summed E-state index contributed by atoms with van der Waals surface area (Å²) in [6.07, 6.45) is 1.78. The van der Waals surface area contributed by atoms with Gasteiger partial charge in [-0.2, -0.15) is 0 Å². The van der Waals surface area contributed by atoms with Crippen LogP contribution in [0.4, 0.5) is 0 Å². The van der Waals surface area contributed by atoms with Crippen molar-refractivity contribution >= 4 is 12.3 Å². The second kappa shape index (κ2) is 7.45. The first-order valence-corrected chi connectivity index (χ1v) is 11.4. The maximum Gasteiger partial charge on any atom is 0.302 e.